The van der Waals surface area contributed by atoms with E-state index in [4.69, 9.17) is 0 Å². The Hall–Kier alpha value is 0.960. The summed E-state index contributed by atoms with van der Waals surface area (Å²) in [4.78, 5) is 0. The first kappa shape index (κ1) is 9.05. The molecule has 0 nitrogen and oxygen atoms in total. The molecule has 2 heteroatoms. The lowest BCUT2D eigenvalue weighted by Gasteiger charge is -2.17. The fourth-order valence-corrected chi connectivity index (χ4v) is 2.34. The van der Waals surface area contributed by atoms with Crippen molar-refractivity contribution in [3.05, 3.63) is 0 Å². The van der Waals surface area contributed by atoms with Crippen LogP contribution in [0.5, 0.6) is 0 Å². The molecule has 0 aromatic carbocycles. The van der Waals surface area contributed by atoms with Crippen LogP contribution in [0.4, 0.5) is 0 Å². The molecule has 0 N–H and O–H groups in total. The minimum Gasteiger partial charge on any atom is -0.0724 e. The maximum absolute atomic E-state index is 3.62. The summed E-state index contributed by atoms with van der Waals surface area (Å²) in [6.45, 7) is 6.88. The summed E-state index contributed by atoms with van der Waals surface area (Å²) in [6, 6.07) is 0. The van der Waals surface area contributed by atoms with E-state index in [0.717, 1.165) is 5.92 Å². The first-order chi connectivity index (χ1) is 4.31. The fraction of sp³-hybridized carbons (Fsp3) is 1.00. The lowest BCUT2D eigenvalue weighted by molar-refractivity contribution is 0.354. The van der Waals surface area contributed by atoms with Crippen LogP contribution in [0.2, 0.25) is 0 Å². The van der Waals surface area contributed by atoms with Gasteiger partial charge in [0.15, 0.2) is 0 Å². The largest absolute Gasteiger partial charge is 0.0838 e. The van der Waals surface area contributed by atoms with E-state index in [1.54, 1.807) is 0 Å². The number of hydrogen-bond donors (Lipinski definition) is 0. The normalized spacial score (nSPS) is 30.3. The number of hydrogen-bond acceptors (Lipinski definition) is 0. The van der Waals surface area contributed by atoms with E-state index in [0.29, 0.717) is 8.65 Å². The van der Waals surface area contributed by atoms with Gasteiger partial charge in [-0.2, -0.15) is 0 Å². The van der Waals surface area contributed by atoms with E-state index in [1.807, 2.05) is 0 Å². The minimum absolute atomic E-state index is 0.299. The van der Waals surface area contributed by atoms with E-state index in [9.17, 15) is 0 Å². The average molecular weight is 270 g/mol. The lowest BCUT2D eigenvalue weighted by atomic mass is 9.90. The SMILES string of the molecule is CC(C)(C)CC1CC1(Br)Br. The van der Waals surface area contributed by atoms with Crippen molar-refractivity contribution in [1.29, 1.82) is 0 Å². The van der Waals surface area contributed by atoms with Crippen molar-refractivity contribution in [2.24, 2.45) is 11.3 Å². The van der Waals surface area contributed by atoms with Gasteiger partial charge in [0.1, 0.15) is 0 Å². The summed E-state index contributed by atoms with van der Waals surface area (Å²) in [6.07, 6.45) is 2.59. The summed E-state index contributed by atoms with van der Waals surface area (Å²) in [5, 5.41) is 0. The second-order valence-electron chi connectivity index (χ2n) is 4.43. The quantitative estimate of drug-likeness (QED) is 0.633. The highest BCUT2D eigenvalue weighted by Crippen LogP contribution is 2.59. The zero-order chi connectivity index (χ0) is 7.99. The smallest absolute Gasteiger partial charge is 0.0724 e. The van der Waals surface area contributed by atoms with Gasteiger partial charge < -0.3 is 0 Å². The molecule has 1 rings (SSSR count). The van der Waals surface area contributed by atoms with Crippen molar-refractivity contribution in [3.8, 4) is 0 Å². The molecular weight excluding hydrogens is 256 g/mol. The fourth-order valence-electron chi connectivity index (χ4n) is 1.23. The predicted molar refractivity (Wildman–Crippen MR) is 52.8 cm³/mol. The Morgan fingerprint density at radius 2 is 1.80 bits per heavy atom. The monoisotopic (exact) mass is 268 g/mol. The van der Waals surface area contributed by atoms with Crippen molar-refractivity contribution in [1.82, 2.24) is 0 Å². The molecule has 0 radical (unpaired) electrons. The molecule has 0 spiro atoms. The van der Waals surface area contributed by atoms with Crippen molar-refractivity contribution in [2.45, 2.75) is 36.8 Å². The van der Waals surface area contributed by atoms with E-state index < -0.39 is 0 Å². The number of rotatable bonds is 1. The van der Waals surface area contributed by atoms with Gasteiger partial charge >= 0.3 is 0 Å². The van der Waals surface area contributed by atoms with Crippen LogP contribution in [0.25, 0.3) is 0 Å². The summed E-state index contributed by atoms with van der Waals surface area (Å²) in [7, 11) is 0. The third-order valence-electron chi connectivity index (χ3n) is 1.81. The van der Waals surface area contributed by atoms with E-state index in [-0.39, 0.29) is 0 Å². The standard InChI is InChI=1S/C8H14Br2/c1-7(2,3)4-6-5-8(6,9)10/h6H,4-5H2,1-3H3. The third kappa shape index (κ3) is 2.54. The minimum atomic E-state index is 0.299. The molecule has 0 aromatic rings. The van der Waals surface area contributed by atoms with Gasteiger partial charge in [-0.15, -0.1) is 0 Å². The van der Waals surface area contributed by atoms with Crippen molar-refractivity contribution < 1.29 is 0 Å². The van der Waals surface area contributed by atoms with Crippen LogP contribution >= 0.6 is 31.9 Å². The number of halogens is 2. The molecule has 1 fully saturated rings. The molecule has 0 aromatic heterocycles. The molecule has 0 heterocycles. The molecular formula is C8H14Br2. The molecule has 0 aliphatic heterocycles. The third-order valence-corrected chi connectivity index (χ3v) is 3.76. The van der Waals surface area contributed by atoms with Gasteiger partial charge in [0.05, 0.1) is 3.23 Å². The highest BCUT2D eigenvalue weighted by molar-refractivity contribution is 9.25. The van der Waals surface area contributed by atoms with Gasteiger partial charge in [0.2, 0.25) is 0 Å². The van der Waals surface area contributed by atoms with Gasteiger partial charge in [0, 0.05) is 0 Å². The van der Waals surface area contributed by atoms with Crippen molar-refractivity contribution >= 4 is 31.9 Å². The zero-order valence-corrected chi connectivity index (χ0v) is 9.92. The van der Waals surface area contributed by atoms with Gasteiger partial charge in [-0.1, -0.05) is 52.6 Å². The molecule has 1 aliphatic carbocycles. The first-order valence-electron chi connectivity index (χ1n) is 3.69. The molecule has 60 valence electrons. The Labute approximate surface area is 80.0 Å². The Bertz CT molecular complexity index is 133. The second kappa shape index (κ2) is 2.48. The second-order valence-corrected chi connectivity index (χ2v) is 8.32. The average Bonchev–Trinajstić information content (AvgIpc) is 2.05. The summed E-state index contributed by atoms with van der Waals surface area (Å²) < 4.78 is 0.299. The maximum Gasteiger partial charge on any atom is 0.0838 e. The molecule has 1 saturated carbocycles. The Morgan fingerprint density at radius 1 is 1.40 bits per heavy atom. The molecule has 1 aliphatic rings. The molecule has 1 unspecified atom stereocenters. The topological polar surface area (TPSA) is 0 Å². The first-order valence-corrected chi connectivity index (χ1v) is 5.28. The highest BCUT2D eigenvalue weighted by Gasteiger charge is 2.50. The van der Waals surface area contributed by atoms with Crippen LogP contribution in [0, 0.1) is 11.3 Å². The van der Waals surface area contributed by atoms with Crippen molar-refractivity contribution in [3.63, 3.8) is 0 Å². The van der Waals surface area contributed by atoms with Crippen LogP contribution in [0.15, 0.2) is 0 Å². The Morgan fingerprint density at radius 3 is 1.90 bits per heavy atom. The van der Waals surface area contributed by atoms with Crippen LogP contribution in [-0.4, -0.2) is 3.23 Å². The van der Waals surface area contributed by atoms with Gasteiger partial charge in [0.25, 0.3) is 0 Å². The van der Waals surface area contributed by atoms with Crippen molar-refractivity contribution in [2.75, 3.05) is 0 Å². The summed E-state index contributed by atoms with van der Waals surface area (Å²) in [5.41, 5.74) is 0.480. The Kier molecular flexibility index (Phi) is 2.24. The van der Waals surface area contributed by atoms with Gasteiger partial charge in [-0.25, -0.2) is 0 Å². The predicted octanol–water partition coefficient (Wildman–Crippen LogP) is 3.93. The number of alkyl halides is 2. The Balaban J connectivity index is 2.31. The van der Waals surface area contributed by atoms with E-state index >= 15 is 0 Å². The van der Waals surface area contributed by atoms with E-state index in [2.05, 4.69) is 52.6 Å². The maximum atomic E-state index is 3.62. The lowest BCUT2D eigenvalue weighted by Crippen LogP contribution is -2.07. The van der Waals surface area contributed by atoms with Crippen LogP contribution in [-0.2, 0) is 0 Å². The van der Waals surface area contributed by atoms with E-state index in [1.165, 1.54) is 12.8 Å². The summed E-state index contributed by atoms with van der Waals surface area (Å²) in [5.74, 6) is 0.840. The highest BCUT2D eigenvalue weighted by atomic mass is 79.9. The zero-order valence-electron chi connectivity index (χ0n) is 6.75. The molecule has 10 heavy (non-hydrogen) atoms. The molecule has 0 amide bonds. The van der Waals surface area contributed by atoms with Crippen LogP contribution in [0.1, 0.15) is 33.6 Å². The summed E-state index contributed by atoms with van der Waals surface area (Å²) >= 11 is 7.24. The van der Waals surface area contributed by atoms with Gasteiger partial charge in [-0.3, -0.25) is 0 Å². The molecule has 1 atom stereocenters. The molecule has 0 saturated heterocycles. The van der Waals surface area contributed by atoms with Gasteiger partial charge in [-0.05, 0) is 24.2 Å². The van der Waals surface area contributed by atoms with Crippen LogP contribution in [0.3, 0.4) is 0 Å². The molecule has 0 bridgehead atoms. The van der Waals surface area contributed by atoms with Crippen LogP contribution < -0.4 is 0 Å².